The molecule has 4 bridgehead atoms. The number of ether oxygens (including phenoxy) is 2. The van der Waals surface area contributed by atoms with E-state index in [1.54, 1.807) is 0 Å². The monoisotopic (exact) mass is 410 g/mol. The number of aryl methyl sites for hydroxylation is 1. The molecule has 0 amide bonds. The topological polar surface area (TPSA) is 60.8 Å². The van der Waals surface area contributed by atoms with Crippen molar-refractivity contribution in [1.82, 2.24) is 9.47 Å². The number of hydrogen-bond acceptors (Lipinski definition) is 5. The molecule has 3 fully saturated rings. The number of piperidine rings is 3. The van der Waals surface area contributed by atoms with E-state index in [0.29, 0.717) is 12.0 Å². The molecule has 0 saturated carbocycles. The zero-order valence-corrected chi connectivity index (χ0v) is 18.2. The first kappa shape index (κ1) is 19.6. The Hall–Kier alpha value is -2.34. The van der Waals surface area contributed by atoms with E-state index in [1.807, 2.05) is 0 Å². The standard InChI is InChI=1S/C24H30N2O4/c1-5-15-12-26-20-11-18(15)24(23(28)29-4,13-30-14(2)27)21(26)10-17-16-8-6-7-9-19(16)25(3)22(17)20/h6-9,15,18,20-21H,5,10-13H2,1-4H3/t15-,18+,20+,21+,24?/m1/s1. The van der Waals surface area contributed by atoms with Crippen LogP contribution in [0.25, 0.3) is 10.9 Å². The molecule has 4 aliphatic heterocycles. The summed E-state index contributed by atoms with van der Waals surface area (Å²) in [5.41, 5.74) is 3.15. The van der Waals surface area contributed by atoms with Gasteiger partial charge >= 0.3 is 11.9 Å². The summed E-state index contributed by atoms with van der Waals surface area (Å²) in [5.74, 6) is -0.0473. The lowest BCUT2D eigenvalue weighted by Gasteiger charge is -2.64. The number of benzene rings is 1. The number of esters is 2. The molecule has 0 radical (unpaired) electrons. The van der Waals surface area contributed by atoms with E-state index in [1.165, 1.54) is 36.2 Å². The van der Waals surface area contributed by atoms with Crippen LogP contribution in [0.2, 0.25) is 0 Å². The molecule has 2 aromatic rings. The Morgan fingerprint density at radius 1 is 1.27 bits per heavy atom. The number of methoxy groups -OCH3 is 1. The number of para-hydroxylation sites is 1. The molecule has 6 nitrogen and oxygen atoms in total. The van der Waals surface area contributed by atoms with Gasteiger partial charge in [-0.2, -0.15) is 0 Å². The van der Waals surface area contributed by atoms with Crippen LogP contribution in [0.15, 0.2) is 24.3 Å². The van der Waals surface area contributed by atoms with Crippen LogP contribution < -0.4 is 0 Å². The summed E-state index contributed by atoms with van der Waals surface area (Å²) in [4.78, 5) is 27.7. The number of carbonyl (C=O) groups is 2. The minimum atomic E-state index is -0.815. The van der Waals surface area contributed by atoms with E-state index < -0.39 is 5.41 Å². The summed E-state index contributed by atoms with van der Waals surface area (Å²) in [5, 5.41) is 1.27. The van der Waals surface area contributed by atoms with Gasteiger partial charge in [-0.15, -0.1) is 0 Å². The van der Waals surface area contributed by atoms with Gasteiger partial charge in [-0.25, -0.2) is 0 Å². The van der Waals surface area contributed by atoms with Gasteiger partial charge in [-0.3, -0.25) is 14.5 Å². The Bertz CT molecular complexity index is 1030. The van der Waals surface area contributed by atoms with Crippen LogP contribution in [-0.4, -0.2) is 47.7 Å². The van der Waals surface area contributed by atoms with Gasteiger partial charge in [0.25, 0.3) is 0 Å². The van der Waals surface area contributed by atoms with E-state index in [9.17, 15) is 9.59 Å². The normalized spacial score (nSPS) is 33.9. The second-order valence-corrected chi connectivity index (χ2v) is 9.20. The maximum atomic E-state index is 13.4. The molecular weight excluding hydrogens is 380 g/mol. The van der Waals surface area contributed by atoms with Crippen LogP contribution in [-0.2, 0) is 32.5 Å². The Morgan fingerprint density at radius 2 is 2.03 bits per heavy atom. The highest BCUT2D eigenvalue weighted by Crippen LogP contribution is 2.60. The van der Waals surface area contributed by atoms with Crippen LogP contribution in [0.1, 0.15) is 44.0 Å². The first-order valence-corrected chi connectivity index (χ1v) is 11.0. The molecule has 30 heavy (non-hydrogen) atoms. The van der Waals surface area contributed by atoms with Gasteiger partial charge in [0.1, 0.15) is 12.0 Å². The van der Waals surface area contributed by atoms with Gasteiger partial charge in [-0.05, 0) is 36.3 Å². The van der Waals surface area contributed by atoms with Crippen LogP contribution >= 0.6 is 0 Å². The summed E-state index contributed by atoms with van der Waals surface area (Å²) < 4.78 is 13.3. The smallest absolute Gasteiger partial charge is 0.317 e. The summed E-state index contributed by atoms with van der Waals surface area (Å²) in [7, 11) is 3.62. The molecule has 0 spiro atoms. The highest BCUT2D eigenvalue weighted by atomic mass is 16.5. The van der Waals surface area contributed by atoms with Crippen molar-refractivity contribution < 1.29 is 19.1 Å². The number of nitrogens with zero attached hydrogens (tertiary/aromatic N) is 2. The number of carbonyl (C=O) groups excluding carboxylic acids is 2. The molecule has 1 aromatic heterocycles. The lowest BCUT2D eigenvalue weighted by Crippen LogP contribution is -2.71. The molecule has 6 atom stereocenters. The molecule has 2 unspecified atom stereocenters. The third kappa shape index (κ3) is 2.40. The number of rotatable bonds is 4. The second-order valence-electron chi connectivity index (χ2n) is 9.20. The molecule has 0 aliphatic carbocycles. The third-order valence-corrected chi connectivity index (χ3v) is 8.13. The van der Waals surface area contributed by atoms with Crippen molar-refractivity contribution in [2.75, 3.05) is 20.3 Å². The Labute approximate surface area is 177 Å². The summed E-state index contributed by atoms with van der Waals surface area (Å²) in [6, 6.07) is 8.79. The maximum Gasteiger partial charge on any atom is 0.317 e. The van der Waals surface area contributed by atoms with Crippen LogP contribution in [0, 0.1) is 17.3 Å². The SMILES string of the molecule is CC[C@@H]1CN2[C@H]3Cc4c(n(C)c5ccccc45)[C@@H]2C[C@@H]1C3(COC(C)=O)C(=O)OC. The van der Waals surface area contributed by atoms with E-state index in [0.717, 1.165) is 25.8 Å². The van der Waals surface area contributed by atoms with Crippen molar-refractivity contribution in [3.8, 4) is 0 Å². The predicted molar refractivity (Wildman–Crippen MR) is 113 cm³/mol. The largest absolute Gasteiger partial charge is 0.468 e. The van der Waals surface area contributed by atoms with Crippen LogP contribution in [0.5, 0.6) is 0 Å². The Morgan fingerprint density at radius 3 is 2.73 bits per heavy atom. The lowest BCUT2D eigenvalue weighted by molar-refractivity contribution is -0.208. The fourth-order valence-electron chi connectivity index (χ4n) is 6.88. The molecule has 6 rings (SSSR count). The molecule has 0 N–H and O–H groups in total. The van der Waals surface area contributed by atoms with Gasteiger partial charge in [0, 0.05) is 43.2 Å². The van der Waals surface area contributed by atoms with Gasteiger partial charge < -0.3 is 14.0 Å². The van der Waals surface area contributed by atoms with Crippen LogP contribution in [0.4, 0.5) is 0 Å². The summed E-state index contributed by atoms with van der Waals surface area (Å²) in [6.07, 6.45) is 2.67. The van der Waals surface area contributed by atoms with Crippen molar-refractivity contribution in [3.63, 3.8) is 0 Å². The average molecular weight is 411 g/mol. The first-order valence-electron chi connectivity index (χ1n) is 11.0. The van der Waals surface area contributed by atoms with E-state index in [4.69, 9.17) is 9.47 Å². The fraction of sp³-hybridized carbons (Fsp3) is 0.583. The molecule has 5 heterocycles. The Kier molecular flexibility index (Phi) is 4.47. The highest BCUT2D eigenvalue weighted by molar-refractivity contribution is 5.87. The quantitative estimate of drug-likeness (QED) is 0.725. The first-order chi connectivity index (χ1) is 14.4. The summed E-state index contributed by atoms with van der Waals surface area (Å²) >= 11 is 0. The van der Waals surface area contributed by atoms with Crippen molar-refractivity contribution in [3.05, 3.63) is 35.5 Å². The van der Waals surface area contributed by atoms with Crippen molar-refractivity contribution >= 4 is 22.8 Å². The molecule has 3 saturated heterocycles. The zero-order chi connectivity index (χ0) is 21.2. The van der Waals surface area contributed by atoms with Gasteiger partial charge in [0.15, 0.2) is 0 Å². The minimum absolute atomic E-state index is 0.0193. The van der Waals surface area contributed by atoms with Crippen LogP contribution in [0.3, 0.4) is 0 Å². The molecule has 160 valence electrons. The molecular formula is C24H30N2O4. The van der Waals surface area contributed by atoms with E-state index in [2.05, 4.69) is 47.7 Å². The third-order valence-electron chi connectivity index (χ3n) is 8.13. The van der Waals surface area contributed by atoms with Gasteiger partial charge in [-0.1, -0.05) is 31.5 Å². The van der Waals surface area contributed by atoms with E-state index >= 15 is 0 Å². The fourth-order valence-corrected chi connectivity index (χ4v) is 6.88. The second kappa shape index (κ2) is 6.84. The number of aromatic nitrogens is 1. The molecule has 1 aromatic carbocycles. The highest BCUT2D eigenvalue weighted by Gasteiger charge is 2.66. The number of hydrogen-bond donors (Lipinski definition) is 0. The van der Waals surface area contributed by atoms with Crippen molar-refractivity contribution in [2.45, 2.75) is 45.2 Å². The van der Waals surface area contributed by atoms with E-state index in [-0.39, 0.29) is 30.5 Å². The Balaban J connectivity index is 1.70. The zero-order valence-electron chi connectivity index (χ0n) is 18.2. The molecule has 6 heteroatoms. The predicted octanol–water partition coefficient (Wildman–Crippen LogP) is 3.23. The summed E-state index contributed by atoms with van der Waals surface area (Å²) in [6.45, 7) is 4.69. The van der Waals surface area contributed by atoms with Gasteiger partial charge in [0.2, 0.25) is 0 Å². The number of fused-ring (bicyclic) bond motifs is 4. The molecule has 4 aliphatic rings. The van der Waals surface area contributed by atoms with Crippen molar-refractivity contribution in [2.24, 2.45) is 24.3 Å². The lowest BCUT2D eigenvalue weighted by atomic mass is 9.53. The average Bonchev–Trinajstić information content (AvgIpc) is 3.04. The maximum absolute atomic E-state index is 13.4. The van der Waals surface area contributed by atoms with Gasteiger partial charge in [0.05, 0.1) is 13.2 Å². The van der Waals surface area contributed by atoms with Crippen molar-refractivity contribution in [1.29, 1.82) is 0 Å². The minimum Gasteiger partial charge on any atom is -0.468 e.